The van der Waals surface area contributed by atoms with E-state index in [1.54, 1.807) is 12.1 Å². The Bertz CT molecular complexity index is 650. The van der Waals surface area contributed by atoms with Gasteiger partial charge in [-0.3, -0.25) is 4.79 Å². The molecule has 5 nitrogen and oxygen atoms in total. The first-order chi connectivity index (χ1) is 14.4. The number of carbonyl (C=O) groups excluding carboxylic acids is 2. The number of anilines is 1. The maximum Gasteiger partial charge on any atom is 0.513 e. The summed E-state index contributed by atoms with van der Waals surface area (Å²) in [5.41, 5.74) is 3.68. The molecule has 5 heteroatoms. The van der Waals surface area contributed by atoms with Crippen molar-refractivity contribution < 1.29 is 19.1 Å². The van der Waals surface area contributed by atoms with Crippen molar-refractivity contribution in [3.05, 3.63) is 59.7 Å². The SMILES string of the molecule is CC.CCC(=O)CC.CCc1ccc(NC)cc1.COC(=O)Oc1ccc(C)cc1. The van der Waals surface area contributed by atoms with Gasteiger partial charge in [0.25, 0.3) is 0 Å². The number of ketones is 1. The number of aryl methyl sites for hydroxylation is 2. The van der Waals surface area contributed by atoms with Crippen molar-refractivity contribution in [2.24, 2.45) is 0 Å². The molecule has 0 bridgehead atoms. The summed E-state index contributed by atoms with van der Waals surface area (Å²) in [5.74, 6) is 0.836. The first-order valence-corrected chi connectivity index (χ1v) is 10.5. The fraction of sp³-hybridized carbons (Fsp3) is 0.440. The molecule has 2 rings (SSSR count). The number of ether oxygens (including phenoxy) is 2. The Balaban J connectivity index is 0. The Hall–Kier alpha value is -2.82. The minimum absolute atomic E-state index is 0.343. The number of carbonyl (C=O) groups is 2. The molecule has 0 radical (unpaired) electrons. The average Bonchev–Trinajstić information content (AvgIpc) is 2.82. The van der Waals surface area contributed by atoms with Crippen LogP contribution in [0.15, 0.2) is 48.5 Å². The molecular formula is C25H39NO4. The summed E-state index contributed by atoms with van der Waals surface area (Å²) in [4.78, 5) is 20.8. The summed E-state index contributed by atoms with van der Waals surface area (Å²) >= 11 is 0. The molecule has 0 saturated carbocycles. The lowest BCUT2D eigenvalue weighted by Crippen LogP contribution is -2.06. The summed E-state index contributed by atoms with van der Waals surface area (Å²) in [7, 11) is 3.21. The molecule has 168 valence electrons. The van der Waals surface area contributed by atoms with Gasteiger partial charge in [0, 0.05) is 25.6 Å². The third-order valence-corrected chi connectivity index (χ3v) is 3.83. The van der Waals surface area contributed by atoms with Crippen LogP contribution in [-0.4, -0.2) is 26.1 Å². The molecule has 0 aliphatic rings. The van der Waals surface area contributed by atoms with Gasteiger partial charge in [-0.2, -0.15) is 0 Å². The largest absolute Gasteiger partial charge is 0.513 e. The van der Waals surface area contributed by atoms with E-state index in [0.717, 1.165) is 12.0 Å². The lowest BCUT2D eigenvalue weighted by Gasteiger charge is -2.01. The first kappa shape index (κ1) is 29.4. The third-order valence-electron chi connectivity index (χ3n) is 3.83. The van der Waals surface area contributed by atoms with Crippen LogP contribution < -0.4 is 10.1 Å². The van der Waals surface area contributed by atoms with Crippen LogP contribution in [0.3, 0.4) is 0 Å². The second kappa shape index (κ2) is 19.5. The van der Waals surface area contributed by atoms with Crippen LogP contribution in [0.4, 0.5) is 10.5 Å². The number of methoxy groups -OCH3 is 1. The molecule has 0 heterocycles. The van der Waals surface area contributed by atoms with Gasteiger partial charge in [-0.15, -0.1) is 0 Å². The third kappa shape index (κ3) is 15.1. The molecule has 0 aliphatic heterocycles. The molecule has 30 heavy (non-hydrogen) atoms. The number of rotatable bonds is 5. The van der Waals surface area contributed by atoms with E-state index in [2.05, 4.69) is 41.2 Å². The molecule has 0 aromatic heterocycles. The van der Waals surface area contributed by atoms with E-state index in [9.17, 15) is 9.59 Å². The molecule has 2 aromatic carbocycles. The molecular weight excluding hydrogens is 378 g/mol. The minimum atomic E-state index is -0.696. The Morgan fingerprint density at radius 3 is 1.70 bits per heavy atom. The van der Waals surface area contributed by atoms with E-state index >= 15 is 0 Å². The van der Waals surface area contributed by atoms with E-state index in [1.165, 1.54) is 18.4 Å². The van der Waals surface area contributed by atoms with E-state index in [0.29, 0.717) is 24.4 Å². The summed E-state index contributed by atoms with van der Waals surface area (Å²) < 4.78 is 9.08. The minimum Gasteiger partial charge on any atom is -0.437 e. The van der Waals surface area contributed by atoms with Crippen molar-refractivity contribution in [1.29, 1.82) is 0 Å². The second-order valence-corrected chi connectivity index (χ2v) is 5.92. The van der Waals surface area contributed by atoms with Gasteiger partial charge in [0.05, 0.1) is 7.11 Å². The van der Waals surface area contributed by atoms with Crippen molar-refractivity contribution in [1.82, 2.24) is 0 Å². The van der Waals surface area contributed by atoms with Gasteiger partial charge in [-0.1, -0.05) is 64.4 Å². The fourth-order valence-electron chi connectivity index (χ4n) is 1.90. The monoisotopic (exact) mass is 417 g/mol. The van der Waals surface area contributed by atoms with Gasteiger partial charge in [0.1, 0.15) is 11.5 Å². The van der Waals surface area contributed by atoms with Crippen molar-refractivity contribution in [2.45, 2.75) is 60.8 Å². The molecule has 0 atom stereocenters. The van der Waals surface area contributed by atoms with Gasteiger partial charge >= 0.3 is 6.16 Å². The molecule has 0 saturated heterocycles. The highest BCUT2D eigenvalue weighted by atomic mass is 16.7. The molecule has 0 amide bonds. The molecule has 0 spiro atoms. The molecule has 0 fully saturated rings. The van der Waals surface area contributed by atoms with Gasteiger partial charge in [-0.25, -0.2) is 4.79 Å². The highest BCUT2D eigenvalue weighted by Gasteiger charge is 2.01. The van der Waals surface area contributed by atoms with Gasteiger partial charge < -0.3 is 14.8 Å². The lowest BCUT2D eigenvalue weighted by molar-refractivity contribution is -0.118. The Labute approximate surface area is 182 Å². The van der Waals surface area contributed by atoms with Crippen LogP contribution in [0.5, 0.6) is 5.75 Å². The smallest absolute Gasteiger partial charge is 0.437 e. The molecule has 0 aliphatic carbocycles. The van der Waals surface area contributed by atoms with Crippen molar-refractivity contribution >= 4 is 17.6 Å². The normalized spacial score (nSPS) is 8.67. The van der Waals surface area contributed by atoms with E-state index in [-0.39, 0.29) is 0 Å². The van der Waals surface area contributed by atoms with Crippen LogP contribution >= 0.6 is 0 Å². The highest BCUT2D eigenvalue weighted by Crippen LogP contribution is 2.11. The van der Waals surface area contributed by atoms with Crippen molar-refractivity contribution in [3.8, 4) is 5.75 Å². The zero-order chi connectivity index (χ0) is 23.4. The standard InChI is InChI=1S/C9H13N.C9H10O3.C5H10O.C2H6/c1-3-8-4-6-9(10-2)7-5-8;1-7-3-5-8(6-4-7)12-9(10)11-2;1-3-5(6)4-2;1-2/h4-7,10H,3H2,1-2H3;3-6H,1-2H3;3-4H2,1-2H3;1-2H3. The first-order valence-electron chi connectivity index (χ1n) is 10.5. The van der Waals surface area contributed by atoms with Crippen LogP contribution in [0.2, 0.25) is 0 Å². The number of hydrogen-bond acceptors (Lipinski definition) is 5. The number of nitrogens with one attached hydrogen (secondary N) is 1. The van der Waals surface area contributed by atoms with Gasteiger partial charge in [-0.05, 0) is 43.2 Å². The number of Topliss-reactive ketones (excluding diaryl/α,β-unsaturated/α-hetero) is 1. The zero-order valence-electron chi connectivity index (χ0n) is 19.9. The molecule has 2 aromatic rings. The Morgan fingerprint density at radius 2 is 1.37 bits per heavy atom. The quantitative estimate of drug-likeness (QED) is 0.426. The lowest BCUT2D eigenvalue weighted by atomic mass is 10.1. The fourth-order valence-corrected chi connectivity index (χ4v) is 1.90. The molecule has 1 N–H and O–H groups in total. The van der Waals surface area contributed by atoms with Crippen LogP contribution in [0.1, 0.15) is 58.6 Å². The summed E-state index contributed by atoms with van der Waals surface area (Å²) in [5, 5.41) is 3.08. The van der Waals surface area contributed by atoms with Crippen LogP contribution in [0, 0.1) is 6.92 Å². The maximum absolute atomic E-state index is 10.6. The second-order valence-electron chi connectivity index (χ2n) is 5.92. The maximum atomic E-state index is 10.6. The predicted octanol–water partition coefficient (Wildman–Crippen LogP) is 6.83. The van der Waals surface area contributed by atoms with E-state index in [4.69, 9.17) is 4.74 Å². The summed E-state index contributed by atoms with van der Waals surface area (Å²) in [6.07, 6.45) is 1.80. The average molecular weight is 418 g/mol. The topological polar surface area (TPSA) is 64.6 Å². The highest BCUT2D eigenvalue weighted by molar-refractivity contribution is 5.77. The zero-order valence-corrected chi connectivity index (χ0v) is 19.9. The number of hydrogen-bond donors (Lipinski definition) is 1. The summed E-state index contributed by atoms with van der Waals surface area (Å²) in [6, 6.07) is 15.6. The predicted molar refractivity (Wildman–Crippen MR) is 127 cm³/mol. The van der Waals surface area contributed by atoms with Crippen molar-refractivity contribution in [2.75, 3.05) is 19.5 Å². The molecule has 0 unspecified atom stereocenters. The Kier molecular flexibility index (Phi) is 19.1. The summed E-state index contributed by atoms with van der Waals surface area (Å²) in [6.45, 7) is 11.9. The van der Waals surface area contributed by atoms with E-state index < -0.39 is 6.16 Å². The van der Waals surface area contributed by atoms with Crippen molar-refractivity contribution in [3.63, 3.8) is 0 Å². The van der Waals surface area contributed by atoms with Gasteiger partial charge in [0.15, 0.2) is 0 Å². The van der Waals surface area contributed by atoms with Crippen LogP contribution in [0.25, 0.3) is 0 Å². The van der Waals surface area contributed by atoms with Gasteiger partial charge in [0.2, 0.25) is 0 Å². The number of benzene rings is 2. The van der Waals surface area contributed by atoms with E-state index in [1.807, 2.05) is 53.8 Å². The Morgan fingerprint density at radius 1 is 0.867 bits per heavy atom. The van der Waals surface area contributed by atoms with Crippen LogP contribution in [-0.2, 0) is 16.0 Å².